The zero-order valence-corrected chi connectivity index (χ0v) is 12.0. The summed E-state index contributed by atoms with van der Waals surface area (Å²) in [5.74, 6) is -2.09. The Morgan fingerprint density at radius 1 is 1.45 bits per heavy atom. The van der Waals surface area contributed by atoms with Gasteiger partial charge in [-0.05, 0) is 6.92 Å². The molecule has 1 rings (SSSR count). The molecule has 0 fully saturated rings. The van der Waals surface area contributed by atoms with Gasteiger partial charge >= 0.3 is 12.2 Å². The first-order valence-electron chi connectivity index (χ1n) is 5.77. The summed E-state index contributed by atoms with van der Waals surface area (Å²) in [6.45, 7) is 1.41. The minimum absolute atomic E-state index is 0.0197. The number of hydrogen-bond acceptors (Lipinski definition) is 9. The molecule has 1 amide bonds. The molecule has 0 saturated heterocycles. The van der Waals surface area contributed by atoms with E-state index in [0.29, 0.717) is 0 Å². The fraction of sp³-hybridized carbons (Fsp3) is 0.273. The topological polar surface area (TPSA) is 124 Å². The van der Waals surface area contributed by atoms with Crippen LogP contribution < -0.4 is 9.50 Å². The van der Waals surface area contributed by atoms with Crippen LogP contribution in [-0.2, 0) is 13.7 Å². The Bertz CT molecular complexity index is 569. The van der Waals surface area contributed by atoms with Gasteiger partial charge in [-0.2, -0.15) is 0 Å². The molecule has 0 spiro atoms. The number of aromatic hydroxyl groups is 1. The SMILES string of the molecule is CCOC(=O)CNC(=O)c1ncc(OSOC(=O)F)cc1O. The fourth-order valence-corrected chi connectivity index (χ4v) is 1.44. The van der Waals surface area contributed by atoms with Gasteiger partial charge in [-0.1, -0.05) is 0 Å². The number of halogens is 1. The lowest BCUT2D eigenvalue weighted by Gasteiger charge is -2.07. The summed E-state index contributed by atoms with van der Waals surface area (Å²) in [4.78, 5) is 36.2. The lowest BCUT2D eigenvalue weighted by molar-refractivity contribution is -0.141. The second-order valence-electron chi connectivity index (χ2n) is 3.50. The van der Waals surface area contributed by atoms with Gasteiger partial charge in [-0.15, -0.1) is 4.39 Å². The van der Waals surface area contributed by atoms with Crippen molar-refractivity contribution in [3.63, 3.8) is 0 Å². The first-order valence-corrected chi connectivity index (χ1v) is 6.44. The molecule has 120 valence electrons. The number of hydrogen-bond donors (Lipinski definition) is 2. The average Bonchev–Trinajstić information content (AvgIpc) is 2.45. The highest BCUT2D eigenvalue weighted by Gasteiger charge is 2.16. The van der Waals surface area contributed by atoms with E-state index in [1.807, 2.05) is 0 Å². The van der Waals surface area contributed by atoms with E-state index >= 15 is 0 Å². The number of carbonyl (C=O) groups is 3. The lowest BCUT2D eigenvalue weighted by atomic mass is 10.3. The number of amides is 1. The quantitative estimate of drug-likeness (QED) is 0.429. The van der Waals surface area contributed by atoms with Crippen LogP contribution in [0.3, 0.4) is 0 Å². The van der Waals surface area contributed by atoms with Gasteiger partial charge in [0, 0.05) is 6.07 Å². The second-order valence-corrected chi connectivity index (χ2v) is 3.97. The first-order chi connectivity index (χ1) is 10.4. The van der Waals surface area contributed by atoms with E-state index in [4.69, 9.17) is 0 Å². The number of carbonyl (C=O) groups excluding carboxylic acids is 3. The summed E-state index contributed by atoms with van der Waals surface area (Å²) in [5.41, 5.74) is -0.357. The van der Waals surface area contributed by atoms with Crippen LogP contribution in [0.5, 0.6) is 11.5 Å². The molecule has 0 aromatic carbocycles. The van der Waals surface area contributed by atoms with Gasteiger partial charge in [0.25, 0.3) is 18.2 Å². The highest BCUT2D eigenvalue weighted by molar-refractivity contribution is 7.90. The van der Waals surface area contributed by atoms with Gasteiger partial charge < -0.3 is 23.5 Å². The van der Waals surface area contributed by atoms with E-state index in [1.165, 1.54) is 0 Å². The van der Waals surface area contributed by atoms with Crippen LogP contribution in [0.1, 0.15) is 17.4 Å². The molecule has 1 aromatic rings. The predicted octanol–water partition coefficient (Wildman–Crippen LogP) is 1.13. The maximum atomic E-state index is 11.7. The van der Waals surface area contributed by atoms with Crippen molar-refractivity contribution in [2.24, 2.45) is 0 Å². The monoisotopic (exact) mass is 334 g/mol. The molecule has 1 heterocycles. The summed E-state index contributed by atoms with van der Waals surface area (Å²) in [6.07, 6.45) is -1.03. The van der Waals surface area contributed by atoms with Crippen molar-refractivity contribution in [3.8, 4) is 11.5 Å². The van der Waals surface area contributed by atoms with Crippen molar-refractivity contribution in [1.82, 2.24) is 10.3 Å². The van der Waals surface area contributed by atoms with Crippen LogP contribution in [0.15, 0.2) is 12.3 Å². The van der Waals surface area contributed by atoms with Gasteiger partial charge in [0.05, 0.1) is 12.8 Å². The third kappa shape index (κ3) is 5.83. The molecule has 22 heavy (non-hydrogen) atoms. The van der Waals surface area contributed by atoms with Crippen molar-refractivity contribution < 1.29 is 37.0 Å². The molecule has 0 aliphatic heterocycles. The smallest absolute Gasteiger partial charge is 0.505 e. The molecule has 2 N–H and O–H groups in total. The summed E-state index contributed by atoms with van der Waals surface area (Å²) in [5, 5.41) is 11.8. The van der Waals surface area contributed by atoms with E-state index in [9.17, 15) is 23.9 Å². The Kier molecular flexibility index (Phi) is 6.89. The van der Waals surface area contributed by atoms with Gasteiger partial charge in [-0.3, -0.25) is 9.59 Å². The van der Waals surface area contributed by atoms with Crippen LogP contribution in [-0.4, -0.2) is 41.3 Å². The van der Waals surface area contributed by atoms with Crippen molar-refractivity contribution in [2.75, 3.05) is 13.2 Å². The molecule has 0 atom stereocenters. The molecule has 0 radical (unpaired) electrons. The van der Waals surface area contributed by atoms with Crippen LogP contribution >= 0.6 is 12.3 Å². The molecule has 11 heteroatoms. The van der Waals surface area contributed by atoms with Crippen LogP contribution in [0.2, 0.25) is 0 Å². The number of esters is 1. The maximum Gasteiger partial charge on any atom is 0.510 e. The third-order valence-corrected chi connectivity index (χ3v) is 2.45. The van der Waals surface area contributed by atoms with Gasteiger partial charge in [0.15, 0.2) is 17.2 Å². The molecular weight excluding hydrogens is 323 g/mol. The minimum Gasteiger partial charge on any atom is -0.505 e. The predicted molar refractivity (Wildman–Crippen MR) is 70.7 cm³/mol. The molecule has 0 bridgehead atoms. The standard InChI is InChI=1S/C11H11FN2O7S/c1-2-19-8(16)5-14-10(17)9-7(15)3-6(4-13-9)20-22-21-11(12)18/h3-4,15H,2,5H2,1H3,(H,14,17). The van der Waals surface area contributed by atoms with E-state index < -0.39 is 23.8 Å². The largest absolute Gasteiger partial charge is 0.510 e. The number of rotatable bonds is 7. The van der Waals surface area contributed by atoms with Crippen molar-refractivity contribution in [2.45, 2.75) is 6.92 Å². The Balaban J connectivity index is 2.59. The van der Waals surface area contributed by atoms with Crippen LogP contribution in [0, 0.1) is 0 Å². The number of pyridine rings is 1. The van der Waals surface area contributed by atoms with Crippen LogP contribution in [0.4, 0.5) is 9.18 Å². The third-order valence-electron chi connectivity index (χ3n) is 1.99. The first kappa shape index (κ1) is 17.5. The molecular formula is C11H11FN2O7S. The Hall–Kier alpha value is -2.56. The van der Waals surface area contributed by atoms with E-state index in [-0.39, 0.29) is 36.9 Å². The normalized spacial score (nSPS) is 9.73. The molecule has 0 aliphatic carbocycles. The summed E-state index contributed by atoms with van der Waals surface area (Å²) < 4.78 is 24.8. The zero-order chi connectivity index (χ0) is 16.5. The number of aromatic nitrogens is 1. The Morgan fingerprint density at radius 3 is 2.77 bits per heavy atom. The summed E-state index contributed by atoms with van der Waals surface area (Å²) in [6, 6.07) is 0.991. The number of ether oxygens (including phenoxy) is 1. The Morgan fingerprint density at radius 2 is 2.18 bits per heavy atom. The Labute approximate surface area is 128 Å². The molecule has 9 nitrogen and oxygen atoms in total. The van der Waals surface area contributed by atoms with Gasteiger partial charge in [-0.25, -0.2) is 9.78 Å². The summed E-state index contributed by atoms with van der Waals surface area (Å²) >= 11 is 0.0197. The second kappa shape index (κ2) is 8.67. The maximum absolute atomic E-state index is 11.7. The van der Waals surface area contributed by atoms with E-state index in [2.05, 4.69) is 23.4 Å². The van der Waals surface area contributed by atoms with Gasteiger partial charge in [0.1, 0.15) is 6.54 Å². The van der Waals surface area contributed by atoms with Crippen molar-refractivity contribution in [1.29, 1.82) is 0 Å². The minimum atomic E-state index is -2.06. The molecule has 0 aliphatic rings. The lowest BCUT2D eigenvalue weighted by Crippen LogP contribution is -2.31. The fourth-order valence-electron chi connectivity index (χ4n) is 1.19. The molecule has 0 unspecified atom stereocenters. The highest BCUT2D eigenvalue weighted by atomic mass is 32.2. The summed E-state index contributed by atoms with van der Waals surface area (Å²) in [7, 11) is 0. The zero-order valence-electron chi connectivity index (χ0n) is 11.2. The average molecular weight is 334 g/mol. The van der Waals surface area contributed by atoms with Crippen molar-refractivity contribution >= 4 is 30.4 Å². The van der Waals surface area contributed by atoms with E-state index in [1.54, 1.807) is 6.92 Å². The van der Waals surface area contributed by atoms with Crippen LogP contribution in [0.25, 0.3) is 0 Å². The number of nitrogens with zero attached hydrogens (tertiary/aromatic N) is 1. The van der Waals surface area contributed by atoms with Gasteiger partial charge in [0.2, 0.25) is 0 Å². The molecule has 0 saturated carbocycles. The van der Waals surface area contributed by atoms with E-state index in [0.717, 1.165) is 12.3 Å². The highest BCUT2D eigenvalue weighted by Crippen LogP contribution is 2.24. The van der Waals surface area contributed by atoms with Crippen molar-refractivity contribution in [3.05, 3.63) is 18.0 Å². The molecule has 1 aromatic heterocycles. The number of nitrogens with one attached hydrogen (secondary N) is 1.